The van der Waals surface area contributed by atoms with E-state index < -0.39 is 8.25 Å². The number of hydrogen-bond acceptors (Lipinski definition) is 15. The number of carbonyl (C=O) groups is 2. The van der Waals surface area contributed by atoms with Crippen LogP contribution in [0.15, 0.2) is 127 Å². The number of nitrogen functional groups attached to an aromatic ring is 1. The summed E-state index contributed by atoms with van der Waals surface area (Å²) in [4.78, 5) is 43.1. The lowest BCUT2D eigenvalue weighted by atomic mass is 10.1. The zero-order chi connectivity index (χ0) is 47.0. The van der Waals surface area contributed by atoms with E-state index in [0.717, 1.165) is 59.9 Å². The molecule has 3 atom stereocenters. The number of para-hydroxylation sites is 1. The van der Waals surface area contributed by atoms with Crippen LogP contribution >= 0.6 is 54.1 Å². The topological polar surface area (TPSA) is 187 Å². The smallest absolute Gasteiger partial charge is 0.521 e. The van der Waals surface area contributed by atoms with Gasteiger partial charge in [-0.1, -0.05) is 152 Å². The molecule has 64 heavy (non-hydrogen) atoms. The molecule has 3 N–H and O–H groups in total. The predicted octanol–water partition coefficient (Wildman–Crippen LogP) is 13.5. The van der Waals surface area contributed by atoms with E-state index in [-0.39, 0.29) is 11.7 Å². The van der Waals surface area contributed by atoms with E-state index in [9.17, 15) is 9.59 Å². The molecule has 6 rings (SSSR count). The molecular formula is C46H52Cl2N7O6PS2. The van der Waals surface area contributed by atoms with Crippen LogP contribution in [0.25, 0.3) is 12.2 Å². The van der Waals surface area contributed by atoms with Crippen molar-refractivity contribution in [2.45, 2.75) is 65.7 Å². The number of thiazole rings is 2. The summed E-state index contributed by atoms with van der Waals surface area (Å²) in [5, 5.41) is 16.4. The molecule has 18 heteroatoms. The quantitative estimate of drug-likeness (QED) is 0.0291. The summed E-state index contributed by atoms with van der Waals surface area (Å²) in [6.45, 7) is 18.3. The fourth-order valence-corrected chi connectivity index (χ4v) is 7.33. The minimum Gasteiger partial charge on any atom is -0.565 e. The van der Waals surface area contributed by atoms with E-state index in [1.54, 1.807) is 0 Å². The number of nitrogens with zero attached hydrogens (tertiary/aromatic N) is 6. The van der Waals surface area contributed by atoms with Crippen LogP contribution in [-0.4, -0.2) is 39.9 Å². The molecule has 3 unspecified atom stereocenters. The summed E-state index contributed by atoms with van der Waals surface area (Å²) in [5.41, 5.74) is 13.2. The van der Waals surface area contributed by atoms with Crippen LogP contribution < -0.4 is 20.4 Å². The van der Waals surface area contributed by atoms with Crippen molar-refractivity contribution >= 4 is 106 Å². The molecule has 6 aromatic rings. The molecule has 0 fully saturated rings. The average molecular weight is 965 g/mol. The van der Waals surface area contributed by atoms with Gasteiger partial charge in [-0.2, -0.15) is 0 Å². The monoisotopic (exact) mass is 963 g/mol. The van der Waals surface area contributed by atoms with Gasteiger partial charge in [-0.25, -0.2) is 15.2 Å². The highest BCUT2D eigenvalue weighted by molar-refractivity contribution is 7.30. The van der Waals surface area contributed by atoms with E-state index in [1.807, 2.05) is 36.4 Å². The highest BCUT2D eigenvalue weighted by Crippen LogP contribution is 2.30. The zero-order valence-electron chi connectivity index (χ0n) is 35.8. The molecule has 0 saturated heterocycles. The van der Waals surface area contributed by atoms with Crippen LogP contribution in [0.1, 0.15) is 83.6 Å². The van der Waals surface area contributed by atoms with E-state index in [1.165, 1.54) is 22.4 Å². The van der Waals surface area contributed by atoms with E-state index in [2.05, 4.69) is 154 Å². The third-order valence-corrected chi connectivity index (χ3v) is 12.0. The van der Waals surface area contributed by atoms with Gasteiger partial charge >= 0.3 is 8.25 Å². The molecule has 4 aromatic carbocycles. The Hall–Kier alpha value is -5.48. The Labute approximate surface area is 394 Å². The third kappa shape index (κ3) is 17.6. The molecule has 0 aliphatic rings. The molecule has 0 spiro atoms. The fourth-order valence-electron chi connectivity index (χ4n) is 5.61. The Bertz CT molecular complexity index is 2410. The Morgan fingerprint density at radius 2 is 1.20 bits per heavy atom. The summed E-state index contributed by atoms with van der Waals surface area (Å²) < 4.78 is 11.6. The Kier molecular flexibility index (Phi) is 23.4. The van der Waals surface area contributed by atoms with Crippen molar-refractivity contribution < 1.29 is 30.4 Å². The summed E-state index contributed by atoms with van der Waals surface area (Å²) in [6, 6.07) is 36.6. The van der Waals surface area contributed by atoms with Crippen molar-refractivity contribution in [2.75, 3.05) is 15.5 Å². The molecule has 0 radical (unpaired) electrons. The Morgan fingerprint density at radius 3 is 1.56 bits per heavy atom. The largest absolute Gasteiger partial charge is 0.565 e. The van der Waals surface area contributed by atoms with E-state index >= 15 is 0 Å². The number of halogens is 2. The van der Waals surface area contributed by atoms with Gasteiger partial charge in [0.25, 0.3) is 0 Å². The van der Waals surface area contributed by atoms with Gasteiger partial charge < -0.3 is 20.4 Å². The molecule has 338 valence electrons. The normalized spacial score (nSPS) is 11.6. The molecule has 0 amide bonds. The van der Waals surface area contributed by atoms with Gasteiger partial charge in [-0.3, -0.25) is 9.59 Å². The molecule has 0 aliphatic carbocycles. The number of azo groups is 1. The standard InChI is InChI=1S/C23H23ClN4OS.C19H23N.C4H3ClN2OS.HO4P.H2/c1-4-16(3)28(14-18-8-6-17(5-2)7-9-18)20-12-10-19(11-13-20)26-27-23-25-22(24)21(15-29)30-23;1-4-16(3)20(19-9-7-6-8-10-19)15-18-13-11-17(5-2)12-14-18;5-3-2(1-8)9-4(6)7-3;1-4-5(2)3;/h5-13,15-16H,2,4,14H2,1,3H3;5-14,16H,2,4,15H2,1,3H3;1H,(H2,6,7);1H;1H. The average Bonchev–Trinajstić information content (AvgIpc) is 3.88. The number of hydrogen-bond donors (Lipinski definition) is 2. The summed E-state index contributed by atoms with van der Waals surface area (Å²) >= 11 is 13.5. The van der Waals surface area contributed by atoms with Gasteiger partial charge in [0.05, 0.1) is 5.69 Å². The first kappa shape index (κ1) is 52.9. The van der Waals surface area contributed by atoms with E-state index in [0.29, 0.717) is 50.4 Å². The molecule has 0 aliphatic heterocycles. The molecule has 2 aromatic heterocycles. The van der Waals surface area contributed by atoms with Crippen LogP contribution in [0.3, 0.4) is 0 Å². The molecule has 2 heterocycles. The molecular weight excluding hydrogens is 913 g/mol. The van der Waals surface area contributed by atoms with Crippen LogP contribution in [-0.2, 0) is 22.3 Å². The maximum Gasteiger partial charge on any atom is 0.521 e. The Morgan fingerprint density at radius 1 is 0.766 bits per heavy atom. The van der Waals surface area contributed by atoms with Crippen molar-refractivity contribution in [3.8, 4) is 0 Å². The lowest BCUT2D eigenvalue weighted by Gasteiger charge is -2.31. The van der Waals surface area contributed by atoms with Crippen LogP contribution in [0.5, 0.6) is 0 Å². The molecule has 0 bridgehead atoms. The number of nitrogens with two attached hydrogens (primary N) is 1. The fraction of sp³-hybridized carbons (Fsp3) is 0.217. The van der Waals surface area contributed by atoms with Crippen LogP contribution in [0.4, 0.5) is 27.3 Å². The first-order chi connectivity index (χ1) is 30.8. The van der Waals surface area contributed by atoms with Crippen molar-refractivity contribution in [2.24, 2.45) is 10.2 Å². The van der Waals surface area contributed by atoms with E-state index in [4.69, 9.17) is 43.7 Å². The zero-order valence-corrected chi connectivity index (χ0v) is 39.8. The van der Waals surface area contributed by atoms with Gasteiger partial charge in [0, 0.05) is 42.6 Å². The predicted molar refractivity (Wildman–Crippen MR) is 265 cm³/mol. The number of carbonyl (C=O) groups excluding carboxylic acids is 2. The van der Waals surface area contributed by atoms with Gasteiger partial charge in [0.1, 0.15) is 9.75 Å². The number of aldehydes is 2. The first-order valence-electron chi connectivity index (χ1n) is 19.8. The van der Waals surface area contributed by atoms with Crippen molar-refractivity contribution in [1.29, 1.82) is 0 Å². The van der Waals surface area contributed by atoms with Gasteiger partial charge in [-0.05, 0) is 89.9 Å². The lowest BCUT2D eigenvalue weighted by molar-refractivity contribution is -0.244. The minimum absolute atomic E-state index is 0. The number of rotatable bonds is 17. The second-order valence-corrected chi connectivity index (χ2v) is 17.0. The maximum atomic E-state index is 10.9. The number of aromatic nitrogens is 2. The second kappa shape index (κ2) is 28.3. The lowest BCUT2D eigenvalue weighted by Crippen LogP contribution is -2.31. The highest BCUT2D eigenvalue weighted by Gasteiger charge is 2.15. The van der Waals surface area contributed by atoms with Gasteiger partial charge in [0.2, 0.25) is 5.13 Å². The van der Waals surface area contributed by atoms with Gasteiger partial charge in [-0.15, -0.1) is 10.2 Å². The Balaban J connectivity index is 0.000000354. The van der Waals surface area contributed by atoms with Crippen molar-refractivity contribution in [3.63, 3.8) is 0 Å². The number of anilines is 3. The summed E-state index contributed by atoms with van der Waals surface area (Å²) in [7, 11) is -3.04. The summed E-state index contributed by atoms with van der Waals surface area (Å²) in [6.07, 6.45) is 7.21. The van der Waals surface area contributed by atoms with Crippen LogP contribution in [0.2, 0.25) is 10.3 Å². The second-order valence-electron chi connectivity index (χ2n) is 13.6. The minimum atomic E-state index is -3.04. The molecule has 13 nitrogen and oxygen atoms in total. The van der Waals surface area contributed by atoms with Crippen molar-refractivity contribution in [3.05, 3.63) is 159 Å². The first-order valence-corrected chi connectivity index (χ1v) is 23.2. The van der Waals surface area contributed by atoms with Gasteiger partial charge in [0.15, 0.2) is 28.0 Å². The third-order valence-electron chi connectivity index (χ3n) is 9.41. The highest BCUT2D eigenvalue weighted by atomic mass is 35.5. The summed E-state index contributed by atoms with van der Waals surface area (Å²) in [5.74, 6) is 0. The SMILES string of the molecule is C=Cc1ccc(CN(c2ccc(N=Nc3nc(Cl)c(C=O)s3)cc2)C(C)CC)cc1.C=Cc1ccc(CN(c2ccccc2)C(C)CC)cc1.Nc1nc(Cl)c(C=O)s1.O=[P+]([O-])OO.[HH]. The van der Waals surface area contributed by atoms with Crippen molar-refractivity contribution in [1.82, 2.24) is 9.97 Å². The van der Waals surface area contributed by atoms with Crippen LogP contribution in [0, 0.1) is 0 Å². The number of benzene rings is 4. The molecule has 0 saturated carbocycles. The maximum absolute atomic E-state index is 10.9.